The van der Waals surface area contributed by atoms with Crippen molar-refractivity contribution in [2.75, 3.05) is 5.45 Å². The summed E-state index contributed by atoms with van der Waals surface area (Å²) < 4.78 is 43.5. The van der Waals surface area contributed by atoms with Crippen LogP contribution in [0.15, 0.2) is 29.8 Å². The average Bonchev–Trinajstić information content (AvgIpc) is 3.27. The summed E-state index contributed by atoms with van der Waals surface area (Å²) in [5, 5.41) is 10.9. The van der Waals surface area contributed by atoms with Gasteiger partial charge in [-0.2, -0.15) is 0 Å². The van der Waals surface area contributed by atoms with Gasteiger partial charge >= 0.3 is 6.36 Å². The molecule has 42 heavy (non-hydrogen) atoms. The summed E-state index contributed by atoms with van der Waals surface area (Å²) in [4.78, 5) is 52.9. The van der Waals surface area contributed by atoms with Crippen LogP contribution >= 0.6 is 39.1 Å². The summed E-state index contributed by atoms with van der Waals surface area (Å²) in [7, 11) is 0. The third kappa shape index (κ3) is 4.14. The zero-order valence-corrected chi connectivity index (χ0v) is 25.1. The largest absolute Gasteiger partial charge is 0.573 e. The van der Waals surface area contributed by atoms with Crippen molar-refractivity contribution in [2.24, 2.45) is 17.8 Å². The van der Waals surface area contributed by atoms with Crippen LogP contribution in [-0.4, -0.2) is 66.1 Å². The highest BCUT2D eigenvalue weighted by Gasteiger charge is 2.76. The van der Waals surface area contributed by atoms with E-state index in [0.29, 0.717) is 18.4 Å². The maximum absolute atomic E-state index is 14.0. The lowest BCUT2D eigenvalue weighted by Gasteiger charge is -2.50. The van der Waals surface area contributed by atoms with E-state index in [4.69, 9.17) is 23.2 Å². The van der Waals surface area contributed by atoms with Crippen LogP contribution in [0.1, 0.15) is 56.4 Å². The minimum atomic E-state index is -5.05. The van der Waals surface area contributed by atoms with Crippen molar-refractivity contribution in [3.63, 3.8) is 0 Å². The van der Waals surface area contributed by atoms with Gasteiger partial charge < -0.3 is 9.84 Å². The molecular weight excluding hydrogens is 668 g/mol. The van der Waals surface area contributed by atoms with Crippen molar-refractivity contribution in [1.82, 2.24) is 9.80 Å². The van der Waals surface area contributed by atoms with Crippen LogP contribution in [0.25, 0.3) is 0 Å². The fourth-order valence-corrected chi connectivity index (χ4v) is 9.20. The molecule has 4 fully saturated rings. The van der Waals surface area contributed by atoms with Crippen LogP contribution in [-0.2, 0) is 19.2 Å². The highest BCUT2D eigenvalue weighted by Crippen LogP contribution is 2.66. The summed E-state index contributed by atoms with van der Waals surface area (Å²) in [6.45, 7) is 0. The van der Waals surface area contributed by atoms with Crippen molar-refractivity contribution >= 4 is 62.8 Å². The zero-order valence-electron chi connectivity index (χ0n) is 22.0. The molecule has 1 N–H and O–H groups in total. The van der Waals surface area contributed by atoms with Gasteiger partial charge in [-0.1, -0.05) is 46.8 Å². The Bertz CT molecular complexity index is 1420. The number of fused-ring (bicyclic) bond motifs is 4. The van der Waals surface area contributed by atoms with Crippen molar-refractivity contribution in [3.8, 4) is 11.5 Å². The molecule has 0 aromatic heterocycles. The Kier molecular flexibility index (Phi) is 7.17. The average molecular weight is 694 g/mol. The Hall–Kier alpha value is -2.31. The number of halogens is 6. The lowest BCUT2D eigenvalue weighted by Crippen LogP contribution is -2.60. The highest BCUT2D eigenvalue weighted by molar-refractivity contribution is 9.09. The Morgan fingerprint density at radius 1 is 1.02 bits per heavy atom. The quantitative estimate of drug-likeness (QED) is 0.198. The molecular formula is C28H26BrCl2F3N2O6. The molecule has 2 heterocycles. The van der Waals surface area contributed by atoms with E-state index in [1.807, 2.05) is 0 Å². The number of alkyl halides is 6. The van der Waals surface area contributed by atoms with Gasteiger partial charge in [-0.25, -0.2) is 0 Å². The van der Waals surface area contributed by atoms with Gasteiger partial charge in [0, 0.05) is 17.5 Å². The maximum Gasteiger partial charge on any atom is 0.573 e. The molecule has 6 rings (SSSR count). The third-order valence-electron chi connectivity index (χ3n) is 9.53. The Morgan fingerprint density at radius 2 is 1.71 bits per heavy atom. The molecule has 226 valence electrons. The number of rotatable bonds is 4. The topological polar surface area (TPSA) is 104 Å². The van der Waals surface area contributed by atoms with E-state index in [1.165, 1.54) is 4.90 Å². The number of nitrogens with zero attached hydrogens (tertiary/aromatic N) is 2. The van der Waals surface area contributed by atoms with Crippen LogP contribution in [0.3, 0.4) is 0 Å². The van der Waals surface area contributed by atoms with E-state index in [-0.39, 0.29) is 41.7 Å². The third-order valence-corrected chi connectivity index (χ3v) is 11.4. The molecule has 2 aliphatic heterocycles. The molecule has 1 aromatic carbocycles. The predicted molar refractivity (Wildman–Crippen MR) is 147 cm³/mol. The molecule has 4 amide bonds. The summed E-state index contributed by atoms with van der Waals surface area (Å²) in [6.07, 6.45) is 0.658. The number of carbonyl (C=O) groups excluding carboxylic acids is 4. The number of benzene rings is 1. The van der Waals surface area contributed by atoms with Gasteiger partial charge in [-0.3, -0.25) is 29.0 Å². The molecule has 3 aliphatic carbocycles. The fourth-order valence-electron chi connectivity index (χ4n) is 7.78. The molecule has 8 nitrogen and oxygen atoms in total. The number of hydrogen-bond donors (Lipinski definition) is 1. The Labute approximate surface area is 257 Å². The number of hydrogen-bond acceptors (Lipinski definition) is 6. The number of phenolic OH excluding ortho intramolecular Hbond substituents is 1. The molecule has 2 saturated heterocycles. The second-order valence-electron chi connectivity index (χ2n) is 11.6. The standard InChI is InChI=1S/C28H26BrCl2F3N2O6/c29-12-35-24(40)26(30)11-18-15(7-8-16-20(18)23(39)36(22(16)38)13-4-2-1-3-5-13)21(27(26,31)25(35)41)17-10-14(6-9-19(17)37)42-28(32,33)34/h6-7,9-10,13,16,18,20-21,37H,1-5,8,11-12H2/t16-,18+,20-,21+,26+,27-/m0/s1. The predicted octanol–water partition coefficient (Wildman–Crippen LogP) is 5.33. The molecule has 1 aromatic rings. The first-order chi connectivity index (χ1) is 19.7. The van der Waals surface area contributed by atoms with Crippen molar-refractivity contribution in [2.45, 2.75) is 73.0 Å². The first-order valence-electron chi connectivity index (χ1n) is 13.7. The molecule has 0 radical (unpaired) electrons. The summed E-state index contributed by atoms with van der Waals surface area (Å²) in [5.41, 5.74) is -0.109. The Balaban J connectivity index is 1.51. The normalized spacial score (nSPS) is 35.2. The number of allylic oxidation sites excluding steroid dienone is 2. The van der Waals surface area contributed by atoms with Gasteiger partial charge in [-0.15, -0.1) is 36.4 Å². The Morgan fingerprint density at radius 3 is 2.36 bits per heavy atom. The number of ether oxygens (including phenoxy) is 1. The highest BCUT2D eigenvalue weighted by atomic mass is 79.9. The van der Waals surface area contributed by atoms with Crippen LogP contribution in [0, 0.1) is 17.8 Å². The van der Waals surface area contributed by atoms with E-state index < -0.39 is 63.1 Å². The van der Waals surface area contributed by atoms with E-state index in [1.54, 1.807) is 6.08 Å². The number of amides is 4. The number of likely N-dealkylation sites (tertiary alicyclic amines) is 2. The van der Waals surface area contributed by atoms with Gasteiger partial charge in [0.2, 0.25) is 11.8 Å². The molecule has 14 heteroatoms. The molecule has 6 atom stereocenters. The van der Waals surface area contributed by atoms with E-state index >= 15 is 0 Å². The monoisotopic (exact) mass is 692 g/mol. The van der Waals surface area contributed by atoms with Crippen LogP contribution in [0.4, 0.5) is 13.2 Å². The summed E-state index contributed by atoms with van der Waals surface area (Å²) in [6, 6.07) is 2.55. The SMILES string of the molecule is O=C1[C@H]2[C@H](CC=C3[C@H]2C[C@@]2(Cl)C(=O)N(CBr)C(=O)[C@@]2(Cl)[C@H]3c2cc(OC(F)(F)F)ccc2O)C(=O)N1C1CCCCC1. The second-order valence-corrected chi connectivity index (χ2v) is 13.3. The first kappa shape index (κ1) is 29.7. The molecule has 5 aliphatic rings. The molecule has 0 bridgehead atoms. The lowest BCUT2D eigenvalue weighted by atomic mass is 9.56. The number of imide groups is 2. The minimum Gasteiger partial charge on any atom is -0.508 e. The smallest absolute Gasteiger partial charge is 0.508 e. The number of phenols is 1. The second kappa shape index (κ2) is 10.1. The minimum absolute atomic E-state index is 0.118. The van der Waals surface area contributed by atoms with Gasteiger partial charge in [0.1, 0.15) is 11.5 Å². The van der Waals surface area contributed by atoms with E-state index in [0.717, 1.165) is 42.4 Å². The number of carbonyl (C=O) groups is 4. The lowest BCUT2D eigenvalue weighted by molar-refractivity contribution is -0.274. The van der Waals surface area contributed by atoms with Crippen molar-refractivity contribution < 1.29 is 42.2 Å². The maximum atomic E-state index is 14.0. The van der Waals surface area contributed by atoms with Gasteiger partial charge in [0.05, 0.1) is 17.3 Å². The molecule has 0 unspecified atom stereocenters. The summed E-state index contributed by atoms with van der Waals surface area (Å²) in [5.74, 6) is -7.50. The molecule has 0 spiro atoms. The van der Waals surface area contributed by atoms with Gasteiger partial charge in [0.15, 0.2) is 9.75 Å². The first-order valence-corrected chi connectivity index (χ1v) is 15.6. The fraction of sp³-hybridized carbons (Fsp3) is 0.571. The van der Waals surface area contributed by atoms with Crippen molar-refractivity contribution in [1.29, 1.82) is 0 Å². The van der Waals surface area contributed by atoms with Crippen LogP contribution in [0.2, 0.25) is 0 Å². The van der Waals surface area contributed by atoms with E-state index in [2.05, 4.69) is 20.7 Å². The summed E-state index contributed by atoms with van der Waals surface area (Å²) >= 11 is 17.3. The van der Waals surface area contributed by atoms with Crippen molar-refractivity contribution in [3.05, 3.63) is 35.4 Å². The van der Waals surface area contributed by atoms with E-state index in [9.17, 15) is 37.5 Å². The number of aromatic hydroxyl groups is 1. The van der Waals surface area contributed by atoms with Crippen LogP contribution in [0.5, 0.6) is 11.5 Å². The van der Waals surface area contributed by atoms with Gasteiger partial charge in [0.25, 0.3) is 11.8 Å². The zero-order chi connectivity index (χ0) is 30.4. The molecule has 2 saturated carbocycles. The van der Waals surface area contributed by atoms with Crippen LogP contribution < -0.4 is 4.74 Å². The van der Waals surface area contributed by atoms with Gasteiger partial charge in [-0.05, 0) is 49.8 Å².